The van der Waals surface area contributed by atoms with Gasteiger partial charge in [-0.05, 0) is 43.7 Å². The van der Waals surface area contributed by atoms with E-state index < -0.39 is 0 Å². The molecule has 92 valence electrons. The fourth-order valence-electron chi connectivity index (χ4n) is 2.14. The first-order valence-corrected chi connectivity index (χ1v) is 6.07. The first-order valence-electron chi connectivity index (χ1n) is 6.07. The first kappa shape index (κ1) is 11.9. The standard InChI is InChI=1S/C13H18N2O2/c1-9-2-4-11(5-3-9)17-13(16)10-6-7-15-12(14)8-10/h6-9,11H,2-5H2,1H3,(H2,14,15). The van der Waals surface area contributed by atoms with E-state index in [0.717, 1.165) is 31.6 Å². The van der Waals surface area contributed by atoms with E-state index >= 15 is 0 Å². The Morgan fingerprint density at radius 1 is 1.41 bits per heavy atom. The van der Waals surface area contributed by atoms with Crippen LogP contribution in [-0.2, 0) is 4.74 Å². The lowest BCUT2D eigenvalue weighted by atomic mass is 9.89. The molecule has 0 saturated heterocycles. The molecule has 1 fully saturated rings. The van der Waals surface area contributed by atoms with Crippen molar-refractivity contribution in [2.24, 2.45) is 5.92 Å². The molecule has 1 heterocycles. The van der Waals surface area contributed by atoms with Crippen molar-refractivity contribution in [1.82, 2.24) is 4.98 Å². The van der Waals surface area contributed by atoms with Crippen LogP contribution in [0.5, 0.6) is 0 Å². The molecule has 17 heavy (non-hydrogen) atoms. The normalized spacial score (nSPS) is 24.3. The molecule has 0 amide bonds. The van der Waals surface area contributed by atoms with Gasteiger partial charge in [0.05, 0.1) is 5.56 Å². The van der Waals surface area contributed by atoms with Crippen LogP contribution in [0.1, 0.15) is 43.0 Å². The van der Waals surface area contributed by atoms with Gasteiger partial charge >= 0.3 is 5.97 Å². The Balaban J connectivity index is 1.93. The Kier molecular flexibility index (Phi) is 3.61. The minimum absolute atomic E-state index is 0.0630. The van der Waals surface area contributed by atoms with Gasteiger partial charge in [-0.1, -0.05) is 6.92 Å². The number of nitrogen functional groups attached to an aromatic ring is 1. The van der Waals surface area contributed by atoms with Crippen LogP contribution in [0.3, 0.4) is 0 Å². The highest BCUT2D eigenvalue weighted by atomic mass is 16.5. The number of anilines is 1. The average Bonchev–Trinajstić information content (AvgIpc) is 2.32. The van der Waals surface area contributed by atoms with Crippen molar-refractivity contribution in [2.75, 3.05) is 5.73 Å². The Morgan fingerprint density at radius 2 is 2.12 bits per heavy atom. The Labute approximate surface area is 101 Å². The lowest BCUT2D eigenvalue weighted by Gasteiger charge is -2.25. The minimum atomic E-state index is -0.293. The summed E-state index contributed by atoms with van der Waals surface area (Å²) in [6.07, 6.45) is 5.79. The van der Waals surface area contributed by atoms with Crippen LogP contribution in [0.4, 0.5) is 5.82 Å². The summed E-state index contributed by atoms with van der Waals surface area (Å²) in [5.41, 5.74) is 6.01. The molecule has 0 aromatic carbocycles. The number of esters is 1. The van der Waals surface area contributed by atoms with Crippen LogP contribution in [0, 0.1) is 5.92 Å². The topological polar surface area (TPSA) is 65.2 Å². The van der Waals surface area contributed by atoms with Gasteiger partial charge in [0.2, 0.25) is 0 Å². The summed E-state index contributed by atoms with van der Waals surface area (Å²) in [5, 5.41) is 0. The van der Waals surface area contributed by atoms with Crippen LogP contribution in [0.25, 0.3) is 0 Å². The summed E-state index contributed by atoms with van der Waals surface area (Å²) in [4.78, 5) is 15.7. The van der Waals surface area contributed by atoms with Crippen LogP contribution < -0.4 is 5.73 Å². The molecule has 0 radical (unpaired) electrons. The molecule has 1 aromatic rings. The molecule has 1 aliphatic carbocycles. The smallest absolute Gasteiger partial charge is 0.338 e. The van der Waals surface area contributed by atoms with E-state index in [1.165, 1.54) is 6.20 Å². The molecule has 0 aliphatic heterocycles. The predicted molar refractivity (Wildman–Crippen MR) is 65.5 cm³/mol. The fourth-order valence-corrected chi connectivity index (χ4v) is 2.14. The number of pyridine rings is 1. The highest BCUT2D eigenvalue weighted by Gasteiger charge is 2.22. The highest BCUT2D eigenvalue weighted by Crippen LogP contribution is 2.26. The number of carbonyl (C=O) groups excluding carboxylic acids is 1. The van der Waals surface area contributed by atoms with Gasteiger partial charge in [0.1, 0.15) is 11.9 Å². The largest absolute Gasteiger partial charge is 0.459 e. The zero-order chi connectivity index (χ0) is 12.3. The van der Waals surface area contributed by atoms with Gasteiger partial charge in [-0.25, -0.2) is 9.78 Å². The quantitative estimate of drug-likeness (QED) is 0.798. The number of ether oxygens (including phenoxy) is 1. The predicted octanol–water partition coefficient (Wildman–Crippen LogP) is 2.40. The van der Waals surface area contributed by atoms with Crippen LogP contribution in [0.2, 0.25) is 0 Å². The van der Waals surface area contributed by atoms with Crippen molar-refractivity contribution in [3.8, 4) is 0 Å². The molecule has 2 N–H and O–H groups in total. The third kappa shape index (κ3) is 3.19. The molecule has 1 aromatic heterocycles. The average molecular weight is 234 g/mol. The lowest BCUT2D eigenvalue weighted by Crippen LogP contribution is -2.23. The number of nitrogens with zero attached hydrogens (tertiary/aromatic N) is 1. The Bertz CT molecular complexity index is 398. The van der Waals surface area contributed by atoms with E-state index in [4.69, 9.17) is 10.5 Å². The van der Waals surface area contributed by atoms with Crippen molar-refractivity contribution in [2.45, 2.75) is 38.7 Å². The lowest BCUT2D eigenvalue weighted by molar-refractivity contribution is 0.0174. The molecule has 0 bridgehead atoms. The number of hydrogen-bond donors (Lipinski definition) is 1. The maximum absolute atomic E-state index is 11.8. The van der Waals surface area contributed by atoms with Gasteiger partial charge in [0, 0.05) is 6.20 Å². The zero-order valence-corrected chi connectivity index (χ0v) is 10.1. The second-order valence-corrected chi connectivity index (χ2v) is 4.76. The van der Waals surface area contributed by atoms with Crippen molar-refractivity contribution >= 4 is 11.8 Å². The molecule has 2 rings (SSSR count). The number of aromatic nitrogens is 1. The summed E-state index contributed by atoms with van der Waals surface area (Å²) in [7, 11) is 0. The van der Waals surface area contributed by atoms with Gasteiger partial charge in [0.25, 0.3) is 0 Å². The van der Waals surface area contributed by atoms with Gasteiger partial charge in [-0.15, -0.1) is 0 Å². The third-order valence-electron chi connectivity index (χ3n) is 3.25. The van der Waals surface area contributed by atoms with E-state index in [-0.39, 0.29) is 12.1 Å². The summed E-state index contributed by atoms with van der Waals surface area (Å²) < 4.78 is 5.46. The number of hydrogen-bond acceptors (Lipinski definition) is 4. The van der Waals surface area contributed by atoms with Gasteiger partial charge in [0.15, 0.2) is 0 Å². The summed E-state index contributed by atoms with van der Waals surface area (Å²) in [6, 6.07) is 3.18. The molecule has 0 spiro atoms. The fraction of sp³-hybridized carbons (Fsp3) is 0.538. The maximum atomic E-state index is 11.8. The van der Waals surface area contributed by atoms with Crippen molar-refractivity contribution in [3.05, 3.63) is 23.9 Å². The van der Waals surface area contributed by atoms with E-state index in [1.54, 1.807) is 12.1 Å². The van der Waals surface area contributed by atoms with E-state index in [0.29, 0.717) is 11.4 Å². The number of carbonyl (C=O) groups is 1. The summed E-state index contributed by atoms with van der Waals surface area (Å²) in [6.45, 7) is 2.24. The third-order valence-corrected chi connectivity index (χ3v) is 3.25. The maximum Gasteiger partial charge on any atom is 0.338 e. The van der Waals surface area contributed by atoms with Crippen LogP contribution >= 0.6 is 0 Å². The van der Waals surface area contributed by atoms with Crippen LogP contribution in [0.15, 0.2) is 18.3 Å². The SMILES string of the molecule is CC1CCC(OC(=O)c2ccnc(N)c2)CC1. The highest BCUT2D eigenvalue weighted by molar-refractivity contribution is 5.90. The van der Waals surface area contributed by atoms with Gasteiger partial charge in [-0.3, -0.25) is 0 Å². The molecule has 0 unspecified atom stereocenters. The van der Waals surface area contributed by atoms with Crippen molar-refractivity contribution < 1.29 is 9.53 Å². The summed E-state index contributed by atoms with van der Waals surface area (Å²) in [5.74, 6) is 0.803. The minimum Gasteiger partial charge on any atom is -0.459 e. The van der Waals surface area contributed by atoms with Gasteiger partial charge < -0.3 is 10.5 Å². The van der Waals surface area contributed by atoms with E-state index in [1.807, 2.05) is 0 Å². The molecule has 1 saturated carbocycles. The Morgan fingerprint density at radius 3 is 2.76 bits per heavy atom. The number of nitrogens with two attached hydrogens (primary N) is 1. The molecule has 1 aliphatic rings. The molecule has 4 heteroatoms. The van der Waals surface area contributed by atoms with Crippen LogP contribution in [-0.4, -0.2) is 17.1 Å². The van der Waals surface area contributed by atoms with Crippen molar-refractivity contribution in [1.29, 1.82) is 0 Å². The van der Waals surface area contributed by atoms with Gasteiger partial charge in [-0.2, -0.15) is 0 Å². The van der Waals surface area contributed by atoms with Crippen molar-refractivity contribution in [3.63, 3.8) is 0 Å². The monoisotopic (exact) mass is 234 g/mol. The molecule has 4 nitrogen and oxygen atoms in total. The molecule has 0 atom stereocenters. The molecular weight excluding hydrogens is 216 g/mol. The van der Waals surface area contributed by atoms with E-state index in [2.05, 4.69) is 11.9 Å². The second-order valence-electron chi connectivity index (χ2n) is 4.76. The second kappa shape index (κ2) is 5.17. The molecular formula is C13H18N2O2. The summed E-state index contributed by atoms with van der Waals surface area (Å²) >= 11 is 0. The zero-order valence-electron chi connectivity index (χ0n) is 10.1. The first-order chi connectivity index (χ1) is 8.15. The Hall–Kier alpha value is -1.58. The van der Waals surface area contributed by atoms with E-state index in [9.17, 15) is 4.79 Å². The number of rotatable bonds is 2.